The number of nitrogens with zero attached hydrogens (tertiary/aromatic N) is 1. The van der Waals surface area contributed by atoms with E-state index in [1.807, 2.05) is 0 Å². The van der Waals surface area contributed by atoms with Crippen LogP contribution in [0, 0.1) is 10.1 Å². The normalized spacial score (nSPS) is 13.6. The highest BCUT2D eigenvalue weighted by atomic mass is 35.5. The Bertz CT molecular complexity index is 846. The van der Waals surface area contributed by atoms with E-state index in [0.29, 0.717) is 0 Å². The first kappa shape index (κ1) is 7.91. The van der Waals surface area contributed by atoms with Gasteiger partial charge in [0.1, 0.15) is 0 Å². The molecule has 0 radical (unpaired) electrons. The summed E-state index contributed by atoms with van der Waals surface area (Å²) in [5.41, 5.74) is -1.06. The fraction of sp³-hybridized carbons (Fsp3) is 0. The van der Waals surface area contributed by atoms with Crippen molar-refractivity contribution < 1.29 is 16.6 Å². The molecule has 6 heteroatoms. The summed E-state index contributed by atoms with van der Waals surface area (Å²) < 4.78 is 38.0. The number of para-hydroxylation sites is 1. The fourth-order valence-corrected chi connectivity index (χ4v) is 1.50. The zero-order valence-corrected chi connectivity index (χ0v) is 10.0. The minimum absolute atomic E-state index is 0.0783. The molecule has 1 amide bonds. The second-order valence-electron chi connectivity index (χ2n) is 3.38. The highest BCUT2D eigenvalue weighted by molar-refractivity contribution is 6.34. The molecule has 0 aliphatic rings. The van der Waals surface area contributed by atoms with Crippen molar-refractivity contribution in [2.75, 3.05) is 5.32 Å². The van der Waals surface area contributed by atoms with Crippen molar-refractivity contribution in [3.8, 4) is 0 Å². The van der Waals surface area contributed by atoms with Crippen molar-refractivity contribution in [2.45, 2.75) is 0 Å². The Labute approximate surface area is 121 Å². The van der Waals surface area contributed by atoms with Crippen LogP contribution in [0.15, 0.2) is 48.4 Å². The number of amides is 1. The van der Waals surface area contributed by atoms with Gasteiger partial charge in [-0.3, -0.25) is 14.9 Å². The summed E-state index contributed by atoms with van der Waals surface area (Å²) in [4.78, 5) is 22.3. The Morgan fingerprint density at radius 1 is 1.32 bits per heavy atom. The second kappa shape index (κ2) is 5.49. The number of halogens is 1. The molecule has 0 bridgehead atoms. The van der Waals surface area contributed by atoms with Gasteiger partial charge < -0.3 is 5.32 Å². The van der Waals surface area contributed by atoms with Gasteiger partial charge in [-0.15, -0.1) is 0 Å². The monoisotopic (exact) mass is 281 g/mol. The van der Waals surface area contributed by atoms with Gasteiger partial charge in [0.2, 0.25) is 0 Å². The van der Waals surface area contributed by atoms with Gasteiger partial charge in [0.25, 0.3) is 11.6 Å². The standard InChI is InChI=1S/C13H9ClN2O3/c14-12-7-6-10(16(18)19)8-11(12)13(17)15-9-4-2-1-3-5-9/h1-8H,(H,15,17)/i1D,2D,3D,4D,5D. The fourth-order valence-electron chi connectivity index (χ4n) is 1.29. The Kier molecular flexibility index (Phi) is 2.29. The number of hydrogen-bond donors (Lipinski definition) is 1. The molecule has 0 unspecified atom stereocenters. The van der Waals surface area contributed by atoms with E-state index in [2.05, 4.69) is 5.32 Å². The van der Waals surface area contributed by atoms with E-state index in [1.54, 1.807) is 0 Å². The number of carbonyl (C=O) groups excluding carboxylic acids is 1. The largest absolute Gasteiger partial charge is 0.322 e. The highest BCUT2D eigenvalue weighted by Crippen LogP contribution is 2.23. The third-order valence-electron chi connectivity index (χ3n) is 2.14. The molecule has 2 aromatic rings. The molecule has 19 heavy (non-hydrogen) atoms. The molecule has 5 nitrogen and oxygen atoms in total. The molecule has 0 saturated carbocycles. The van der Waals surface area contributed by atoms with Gasteiger partial charge in [0.15, 0.2) is 0 Å². The van der Waals surface area contributed by atoms with Crippen LogP contribution in [-0.2, 0) is 0 Å². The lowest BCUT2D eigenvalue weighted by molar-refractivity contribution is -0.384. The first-order chi connectivity index (χ1) is 11.1. The van der Waals surface area contributed by atoms with Crippen molar-refractivity contribution >= 4 is 28.9 Å². The first-order valence-corrected chi connectivity index (χ1v) is 5.35. The highest BCUT2D eigenvalue weighted by Gasteiger charge is 2.15. The van der Waals surface area contributed by atoms with Crippen LogP contribution in [0.25, 0.3) is 0 Å². The van der Waals surface area contributed by atoms with Gasteiger partial charge in [-0.05, 0) is 18.2 Å². The average Bonchev–Trinajstić information content (AvgIpc) is 2.55. The molecule has 0 atom stereocenters. The number of carbonyl (C=O) groups is 1. The van der Waals surface area contributed by atoms with Crippen LogP contribution in [0.4, 0.5) is 11.4 Å². The van der Waals surface area contributed by atoms with Crippen molar-refractivity contribution in [2.24, 2.45) is 0 Å². The molecule has 1 N–H and O–H groups in total. The number of hydrogen-bond acceptors (Lipinski definition) is 3. The molecule has 2 rings (SSSR count). The van der Waals surface area contributed by atoms with E-state index < -0.39 is 46.7 Å². The predicted molar refractivity (Wildman–Crippen MR) is 72.5 cm³/mol. The SMILES string of the molecule is [2H]c1c([2H])c([2H])c(NC(=O)c2cc([N+](=O)[O-])ccc2Cl)c([2H])c1[2H]. The molecule has 2 aromatic carbocycles. The zero-order chi connectivity index (χ0) is 18.2. The summed E-state index contributed by atoms with van der Waals surface area (Å²) in [5.74, 6) is -0.928. The topological polar surface area (TPSA) is 72.2 Å². The first-order valence-electron chi connectivity index (χ1n) is 7.47. The van der Waals surface area contributed by atoms with Crippen LogP contribution >= 0.6 is 11.6 Å². The number of nitrogens with one attached hydrogen (secondary N) is 1. The van der Waals surface area contributed by atoms with E-state index in [0.717, 1.165) is 18.2 Å². The maximum Gasteiger partial charge on any atom is 0.270 e. The Hall–Kier alpha value is -2.40. The van der Waals surface area contributed by atoms with Gasteiger partial charge in [0, 0.05) is 17.8 Å². The Balaban J connectivity index is 2.48. The summed E-state index contributed by atoms with van der Waals surface area (Å²) in [7, 11) is 0. The van der Waals surface area contributed by atoms with Crippen LogP contribution in [0.3, 0.4) is 0 Å². The van der Waals surface area contributed by atoms with Crippen molar-refractivity contribution in [3.63, 3.8) is 0 Å². The van der Waals surface area contributed by atoms with Crippen molar-refractivity contribution in [1.82, 2.24) is 0 Å². The summed E-state index contributed by atoms with van der Waals surface area (Å²) >= 11 is 5.85. The Morgan fingerprint density at radius 3 is 2.63 bits per heavy atom. The molecule has 0 aliphatic heterocycles. The van der Waals surface area contributed by atoms with Crippen LogP contribution in [0.5, 0.6) is 0 Å². The van der Waals surface area contributed by atoms with Gasteiger partial charge in [-0.1, -0.05) is 29.7 Å². The van der Waals surface area contributed by atoms with Gasteiger partial charge in [-0.2, -0.15) is 0 Å². The summed E-state index contributed by atoms with van der Waals surface area (Å²) in [6.07, 6.45) is 0. The van der Waals surface area contributed by atoms with Gasteiger partial charge in [0.05, 0.1) is 22.4 Å². The number of benzene rings is 2. The van der Waals surface area contributed by atoms with E-state index in [-0.39, 0.29) is 16.3 Å². The average molecular weight is 282 g/mol. The number of rotatable bonds is 3. The summed E-state index contributed by atoms with van der Waals surface area (Å²) in [6.45, 7) is 0. The molecule has 0 heterocycles. The molecule has 0 spiro atoms. The maximum absolute atomic E-state index is 12.3. The zero-order valence-electron chi connectivity index (χ0n) is 14.3. The minimum atomic E-state index is -0.928. The lowest BCUT2D eigenvalue weighted by Crippen LogP contribution is -2.12. The molecule has 0 aliphatic carbocycles. The van der Waals surface area contributed by atoms with Gasteiger partial charge in [-0.25, -0.2) is 0 Å². The van der Waals surface area contributed by atoms with Crippen LogP contribution in [-0.4, -0.2) is 10.8 Å². The van der Waals surface area contributed by atoms with Gasteiger partial charge >= 0.3 is 0 Å². The maximum atomic E-state index is 12.3. The molecular weight excluding hydrogens is 268 g/mol. The number of non-ortho nitro benzene ring substituents is 1. The van der Waals surface area contributed by atoms with Crippen molar-refractivity contribution in [1.29, 1.82) is 0 Å². The van der Waals surface area contributed by atoms with Crippen LogP contribution in [0.2, 0.25) is 5.02 Å². The van der Waals surface area contributed by atoms with E-state index >= 15 is 0 Å². The number of nitro benzene ring substituents is 1. The van der Waals surface area contributed by atoms with Crippen molar-refractivity contribution in [3.05, 3.63) is 69.1 Å². The molecule has 0 aromatic heterocycles. The predicted octanol–water partition coefficient (Wildman–Crippen LogP) is 3.50. The third-order valence-corrected chi connectivity index (χ3v) is 2.47. The van der Waals surface area contributed by atoms with E-state index in [1.165, 1.54) is 0 Å². The lowest BCUT2D eigenvalue weighted by Gasteiger charge is -2.06. The van der Waals surface area contributed by atoms with Crippen LogP contribution in [0.1, 0.15) is 17.2 Å². The number of anilines is 1. The molecule has 96 valence electrons. The number of nitro groups is 1. The summed E-state index contributed by atoms with van der Waals surface area (Å²) in [5, 5.41) is 12.9. The summed E-state index contributed by atoms with van der Waals surface area (Å²) in [6, 6.07) is 0.184. The quantitative estimate of drug-likeness (QED) is 0.691. The minimum Gasteiger partial charge on any atom is -0.322 e. The van der Waals surface area contributed by atoms with Crippen LogP contribution < -0.4 is 5.32 Å². The molecule has 0 fully saturated rings. The second-order valence-corrected chi connectivity index (χ2v) is 3.78. The van der Waals surface area contributed by atoms with E-state index in [9.17, 15) is 14.9 Å². The Morgan fingerprint density at radius 2 is 2.00 bits per heavy atom. The third kappa shape index (κ3) is 3.08. The smallest absolute Gasteiger partial charge is 0.270 e. The molecule has 0 saturated heterocycles. The molecular formula is C13H9ClN2O3. The lowest BCUT2D eigenvalue weighted by atomic mass is 10.2. The van der Waals surface area contributed by atoms with E-state index in [4.69, 9.17) is 18.5 Å².